The van der Waals surface area contributed by atoms with Crippen molar-refractivity contribution in [1.82, 2.24) is 5.32 Å². The van der Waals surface area contributed by atoms with Gasteiger partial charge in [-0.1, -0.05) is 26.1 Å². The number of rotatable bonds is 1. The lowest BCUT2D eigenvalue weighted by molar-refractivity contribution is -0.119. The molecule has 0 bridgehead atoms. The lowest BCUT2D eigenvalue weighted by Gasteiger charge is -2.18. The molecule has 1 heterocycles. The Labute approximate surface area is 69.0 Å². The Morgan fingerprint density at radius 2 is 2.18 bits per heavy atom. The largest absolute Gasteiger partial charge is 0.356 e. The Morgan fingerprint density at radius 3 is 2.55 bits per heavy atom. The van der Waals surface area contributed by atoms with Crippen molar-refractivity contribution in [2.75, 3.05) is 6.54 Å². The summed E-state index contributed by atoms with van der Waals surface area (Å²) in [7, 11) is 1.01. The zero-order valence-corrected chi connectivity index (χ0v) is 7.61. The summed E-state index contributed by atoms with van der Waals surface area (Å²) >= 11 is 0. The van der Waals surface area contributed by atoms with Crippen LogP contribution in [0.2, 0.25) is 11.1 Å². The Morgan fingerprint density at radius 1 is 1.55 bits per heavy atom. The van der Waals surface area contributed by atoms with E-state index in [4.69, 9.17) is 0 Å². The van der Waals surface area contributed by atoms with Crippen LogP contribution in [0.1, 0.15) is 27.2 Å². The number of hydrogen-bond acceptors (Lipinski definition) is 1. The van der Waals surface area contributed by atoms with Gasteiger partial charge in [-0.2, -0.15) is 0 Å². The van der Waals surface area contributed by atoms with Crippen LogP contribution in [-0.4, -0.2) is 19.7 Å². The quantitative estimate of drug-likeness (QED) is 0.558. The molecule has 1 aliphatic rings. The lowest BCUT2D eigenvalue weighted by Crippen LogP contribution is -2.23. The molecular weight excluding hydrogens is 137 g/mol. The Balaban J connectivity index is 2.43. The molecule has 1 N–H and O–H groups in total. The summed E-state index contributed by atoms with van der Waals surface area (Å²) in [6.45, 7) is 7.41. The molecule has 1 fully saturated rings. The van der Waals surface area contributed by atoms with Crippen LogP contribution in [0.5, 0.6) is 0 Å². The first-order valence-electron chi connectivity index (χ1n) is 4.27. The maximum Gasteiger partial charge on any atom is 0.215 e. The topological polar surface area (TPSA) is 29.1 Å². The second-order valence-corrected chi connectivity index (χ2v) is 4.54. The van der Waals surface area contributed by atoms with Gasteiger partial charge >= 0.3 is 0 Å². The smallest absolute Gasteiger partial charge is 0.215 e. The molecule has 1 atom stereocenters. The fraction of sp³-hybridized carbons (Fsp3) is 0.875. The summed E-state index contributed by atoms with van der Waals surface area (Å²) in [6, 6.07) is 0. The summed E-state index contributed by atoms with van der Waals surface area (Å²) in [5.41, 5.74) is 0. The number of hydrogen-bond donors (Lipinski definition) is 1. The molecule has 3 heteroatoms. The number of amides is 1. The number of nitrogens with one attached hydrogen (secondary N) is 1. The molecule has 62 valence electrons. The van der Waals surface area contributed by atoms with Crippen molar-refractivity contribution in [2.24, 2.45) is 0 Å². The fourth-order valence-electron chi connectivity index (χ4n) is 1.58. The van der Waals surface area contributed by atoms with Crippen LogP contribution in [-0.2, 0) is 4.79 Å². The van der Waals surface area contributed by atoms with Crippen LogP contribution in [0.3, 0.4) is 0 Å². The Hall–Kier alpha value is -0.465. The third kappa shape index (κ3) is 2.56. The zero-order valence-electron chi connectivity index (χ0n) is 7.61. The highest BCUT2D eigenvalue weighted by Gasteiger charge is 2.29. The molecule has 1 saturated heterocycles. The molecule has 1 amide bonds. The van der Waals surface area contributed by atoms with Crippen LogP contribution in [0.4, 0.5) is 0 Å². The van der Waals surface area contributed by atoms with Gasteiger partial charge in [0, 0.05) is 12.4 Å². The van der Waals surface area contributed by atoms with Gasteiger partial charge in [0.1, 0.15) is 7.28 Å². The van der Waals surface area contributed by atoms with Crippen molar-refractivity contribution in [3.63, 3.8) is 0 Å². The maximum atomic E-state index is 11.1. The van der Waals surface area contributed by atoms with E-state index in [9.17, 15) is 4.79 Å². The van der Waals surface area contributed by atoms with E-state index in [2.05, 4.69) is 26.1 Å². The van der Waals surface area contributed by atoms with Gasteiger partial charge in [0.2, 0.25) is 5.91 Å². The first-order valence-corrected chi connectivity index (χ1v) is 4.27. The van der Waals surface area contributed by atoms with E-state index in [1.165, 1.54) is 0 Å². The first kappa shape index (κ1) is 8.63. The van der Waals surface area contributed by atoms with Gasteiger partial charge in [-0.15, -0.1) is 0 Å². The van der Waals surface area contributed by atoms with Crippen molar-refractivity contribution in [3.05, 3.63) is 0 Å². The van der Waals surface area contributed by atoms with Crippen molar-refractivity contribution < 1.29 is 4.79 Å². The zero-order chi connectivity index (χ0) is 8.48. The minimum absolute atomic E-state index is 0.250. The predicted molar refractivity (Wildman–Crippen MR) is 48.2 cm³/mol. The summed E-state index contributed by atoms with van der Waals surface area (Å²) in [5, 5.41) is 3.14. The minimum Gasteiger partial charge on any atom is -0.356 e. The van der Waals surface area contributed by atoms with Crippen LogP contribution in [0.25, 0.3) is 0 Å². The van der Waals surface area contributed by atoms with E-state index < -0.39 is 0 Å². The van der Waals surface area contributed by atoms with E-state index >= 15 is 0 Å². The highest BCUT2D eigenvalue weighted by Crippen LogP contribution is 2.29. The summed E-state index contributed by atoms with van der Waals surface area (Å²) < 4.78 is 0. The van der Waals surface area contributed by atoms with Crippen LogP contribution >= 0.6 is 0 Å². The van der Waals surface area contributed by atoms with E-state index in [-0.39, 0.29) is 17.0 Å². The molecule has 0 radical (unpaired) electrons. The summed E-state index contributed by atoms with van der Waals surface area (Å²) in [4.78, 5) is 11.1. The molecule has 1 rings (SSSR count). The average Bonchev–Trinajstić information content (AvgIpc) is 2.12. The van der Waals surface area contributed by atoms with Crippen molar-refractivity contribution in [1.29, 1.82) is 0 Å². The molecule has 0 spiro atoms. The fourth-order valence-corrected chi connectivity index (χ4v) is 1.58. The lowest BCUT2D eigenvalue weighted by atomic mass is 9.47. The Kier molecular flexibility index (Phi) is 2.26. The SMILES string of the molecule is CC(C)(C)BC1CCNC1=O. The Bertz CT molecular complexity index is 162. The molecule has 1 unspecified atom stereocenters. The molecule has 0 saturated carbocycles. The number of carbonyl (C=O) groups is 1. The van der Waals surface area contributed by atoms with Gasteiger partial charge in [-0.25, -0.2) is 0 Å². The summed E-state index contributed by atoms with van der Waals surface area (Å²) in [5.74, 6) is 0.523. The monoisotopic (exact) mass is 153 g/mol. The second-order valence-electron chi connectivity index (χ2n) is 4.54. The number of carbonyl (C=O) groups excluding carboxylic acids is 1. The van der Waals surface area contributed by atoms with Crippen LogP contribution in [0, 0.1) is 0 Å². The van der Waals surface area contributed by atoms with Gasteiger partial charge in [-0.3, -0.25) is 4.79 Å². The highest BCUT2D eigenvalue weighted by molar-refractivity contribution is 6.47. The van der Waals surface area contributed by atoms with E-state index in [1.54, 1.807) is 0 Å². The molecule has 2 nitrogen and oxygen atoms in total. The molecule has 0 aromatic rings. The molecular formula is C8H16BNO. The minimum atomic E-state index is 0.250. The van der Waals surface area contributed by atoms with Crippen LogP contribution < -0.4 is 5.32 Å². The second kappa shape index (κ2) is 2.88. The van der Waals surface area contributed by atoms with Gasteiger partial charge in [0.15, 0.2) is 0 Å². The maximum absolute atomic E-state index is 11.1. The average molecular weight is 153 g/mol. The van der Waals surface area contributed by atoms with E-state index in [0.29, 0.717) is 0 Å². The summed E-state index contributed by atoms with van der Waals surface area (Å²) in [6.07, 6.45) is 1.02. The third-order valence-corrected chi connectivity index (χ3v) is 2.02. The van der Waals surface area contributed by atoms with Crippen molar-refractivity contribution >= 4 is 13.2 Å². The molecule has 1 aliphatic heterocycles. The molecule has 0 aliphatic carbocycles. The van der Waals surface area contributed by atoms with Gasteiger partial charge in [0.25, 0.3) is 0 Å². The predicted octanol–water partition coefficient (Wildman–Crippen LogP) is 0.950. The third-order valence-electron chi connectivity index (χ3n) is 2.02. The van der Waals surface area contributed by atoms with Crippen molar-refractivity contribution in [2.45, 2.75) is 38.3 Å². The van der Waals surface area contributed by atoms with Gasteiger partial charge in [-0.05, 0) is 6.42 Å². The van der Waals surface area contributed by atoms with Crippen LogP contribution in [0.15, 0.2) is 0 Å². The van der Waals surface area contributed by atoms with E-state index in [1.807, 2.05) is 0 Å². The van der Waals surface area contributed by atoms with E-state index in [0.717, 1.165) is 20.2 Å². The van der Waals surface area contributed by atoms with Crippen molar-refractivity contribution in [3.8, 4) is 0 Å². The first-order chi connectivity index (χ1) is 4.99. The van der Waals surface area contributed by atoms with Gasteiger partial charge < -0.3 is 5.32 Å². The standard InChI is InChI=1S/C8H16BNO/c1-8(2,3)9-6-4-5-10-7(6)11/h6,9H,4-5H2,1-3H3,(H,10,11). The highest BCUT2D eigenvalue weighted by atomic mass is 16.2. The molecule has 11 heavy (non-hydrogen) atoms. The van der Waals surface area contributed by atoms with Gasteiger partial charge in [0.05, 0.1) is 0 Å². The normalized spacial score (nSPS) is 25.0. The molecule has 0 aromatic carbocycles. The molecule has 0 aromatic heterocycles.